The van der Waals surface area contributed by atoms with E-state index in [9.17, 15) is 9.32 Å². The van der Waals surface area contributed by atoms with Gasteiger partial charge in [-0.05, 0) is 43.7 Å². The van der Waals surface area contributed by atoms with Gasteiger partial charge in [0.2, 0.25) is 0 Å². The molecule has 0 aromatic heterocycles. The van der Waals surface area contributed by atoms with Crippen LogP contribution in [0.4, 0.5) is 0 Å². The molecule has 0 heterocycles. The first-order chi connectivity index (χ1) is 9.92. The fraction of sp³-hybridized carbons (Fsp3) is 0.294. The summed E-state index contributed by atoms with van der Waals surface area (Å²) in [5, 5.41) is 10.6. The van der Waals surface area contributed by atoms with E-state index in [0.717, 1.165) is 21.8 Å². The number of benzene rings is 2. The highest BCUT2D eigenvalue weighted by atomic mass is 32.2. The third-order valence-electron chi connectivity index (χ3n) is 3.41. The molecule has 0 saturated heterocycles. The van der Waals surface area contributed by atoms with Crippen LogP contribution in [-0.4, -0.2) is 22.2 Å². The average Bonchev–Trinajstić information content (AvgIpc) is 2.47. The van der Waals surface area contributed by atoms with Gasteiger partial charge in [-0.3, -0.25) is 4.21 Å². The van der Waals surface area contributed by atoms with E-state index < -0.39 is 16.4 Å². The number of ether oxygens (including phenoxy) is 1. The van der Waals surface area contributed by atoms with Crippen LogP contribution in [0.2, 0.25) is 0 Å². The average molecular weight is 304 g/mol. The van der Waals surface area contributed by atoms with Gasteiger partial charge in [-0.2, -0.15) is 0 Å². The fourth-order valence-corrected chi connectivity index (χ4v) is 3.35. The molecule has 3 nitrogen and oxygen atoms in total. The summed E-state index contributed by atoms with van der Waals surface area (Å²) in [7, 11) is 0.347. The highest BCUT2D eigenvalue weighted by Gasteiger charge is 2.26. The topological polar surface area (TPSA) is 46.5 Å². The van der Waals surface area contributed by atoms with Gasteiger partial charge < -0.3 is 9.84 Å². The molecule has 0 bridgehead atoms. The lowest BCUT2D eigenvalue weighted by Crippen LogP contribution is -2.28. The molecule has 0 amide bonds. The molecule has 2 atom stereocenters. The Labute approximate surface area is 128 Å². The molecule has 0 saturated carbocycles. The molecule has 0 radical (unpaired) electrons. The van der Waals surface area contributed by atoms with Gasteiger partial charge in [-0.15, -0.1) is 0 Å². The van der Waals surface area contributed by atoms with Gasteiger partial charge >= 0.3 is 0 Å². The van der Waals surface area contributed by atoms with Gasteiger partial charge in [0.15, 0.2) is 0 Å². The molecule has 0 aliphatic rings. The zero-order valence-corrected chi connectivity index (χ0v) is 13.3. The van der Waals surface area contributed by atoms with Gasteiger partial charge in [0.1, 0.15) is 5.75 Å². The van der Waals surface area contributed by atoms with Crippen molar-refractivity contribution in [3.63, 3.8) is 0 Å². The van der Waals surface area contributed by atoms with E-state index in [1.165, 1.54) is 0 Å². The van der Waals surface area contributed by atoms with Crippen molar-refractivity contribution in [3.8, 4) is 5.75 Å². The molecule has 4 heteroatoms. The number of aryl methyl sites for hydroxylation is 1. The molecule has 21 heavy (non-hydrogen) atoms. The molecular weight excluding hydrogens is 284 g/mol. The SMILES string of the molecule is COc1ccc([C@](C)(O)CS(=O)c2ccc(C)cc2)cc1. The molecule has 112 valence electrons. The van der Waals surface area contributed by atoms with Crippen molar-refractivity contribution >= 4 is 10.8 Å². The van der Waals surface area contributed by atoms with Gasteiger partial charge in [-0.25, -0.2) is 0 Å². The van der Waals surface area contributed by atoms with Crippen LogP contribution >= 0.6 is 0 Å². The summed E-state index contributed by atoms with van der Waals surface area (Å²) < 4.78 is 17.5. The van der Waals surface area contributed by atoms with Crippen LogP contribution in [-0.2, 0) is 16.4 Å². The van der Waals surface area contributed by atoms with Crippen molar-refractivity contribution in [2.75, 3.05) is 12.9 Å². The van der Waals surface area contributed by atoms with E-state index >= 15 is 0 Å². The lowest BCUT2D eigenvalue weighted by atomic mass is 9.98. The Morgan fingerprint density at radius 3 is 2.19 bits per heavy atom. The summed E-state index contributed by atoms with van der Waals surface area (Å²) >= 11 is 0. The Balaban J connectivity index is 2.15. The Bertz CT molecular complexity index is 615. The number of hydrogen-bond donors (Lipinski definition) is 1. The van der Waals surface area contributed by atoms with Crippen LogP contribution in [0.25, 0.3) is 0 Å². The van der Waals surface area contributed by atoms with Gasteiger partial charge in [0, 0.05) is 4.90 Å². The molecule has 0 fully saturated rings. The minimum absolute atomic E-state index is 0.155. The van der Waals surface area contributed by atoms with Gasteiger partial charge in [-0.1, -0.05) is 29.8 Å². The maximum absolute atomic E-state index is 12.4. The summed E-state index contributed by atoms with van der Waals surface area (Å²) in [5.41, 5.74) is 0.698. The third-order valence-corrected chi connectivity index (χ3v) is 5.03. The van der Waals surface area contributed by atoms with Crippen molar-refractivity contribution in [1.82, 2.24) is 0 Å². The first-order valence-corrected chi connectivity index (χ1v) is 8.06. The second-order valence-electron chi connectivity index (χ2n) is 5.31. The van der Waals surface area contributed by atoms with Gasteiger partial charge in [0.05, 0.1) is 29.3 Å². The van der Waals surface area contributed by atoms with Crippen molar-refractivity contribution in [2.24, 2.45) is 0 Å². The lowest BCUT2D eigenvalue weighted by Gasteiger charge is -2.23. The molecule has 2 rings (SSSR count). The van der Waals surface area contributed by atoms with Crippen molar-refractivity contribution in [1.29, 1.82) is 0 Å². The molecule has 0 aliphatic carbocycles. The second kappa shape index (κ2) is 6.41. The maximum atomic E-state index is 12.4. The van der Waals surface area contributed by atoms with Crippen LogP contribution in [0.5, 0.6) is 5.75 Å². The van der Waals surface area contributed by atoms with E-state index in [0.29, 0.717) is 0 Å². The van der Waals surface area contributed by atoms with Gasteiger partial charge in [0.25, 0.3) is 0 Å². The standard InChI is InChI=1S/C17H20O3S/c1-13-4-10-16(11-5-13)21(19)12-17(2,18)14-6-8-15(20-3)9-7-14/h4-11,18H,12H2,1-3H3/t17-,21?/m1/s1. The minimum atomic E-state index is -1.25. The predicted molar refractivity (Wildman–Crippen MR) is 85.0 cm³/mol. The van der Waals surface area contributed by atoms with E-state index in [-0.39, 0.29) is 5.75 Å². The van der Waals surface area contributed by atoms with Crippen molar-refractivity contribution < 1.29 is 14.1 Å². The smallest absolute Gasteiger partial charge is 0.118 e. The van der Waals surface area contributed by atoms with E-state index in [1.54, 1.807) is 38.3 Å². The Morgan fingerprint density at radius 1 is 1.10 bits per heavy atom. The van der Waals surface area contributed by atoms with E-state index in [1.807, 2.05) is 31.2 Å². The van der Waals surface area contributed by atoms with Crippen LogP contribution in [0.1, 0.15) is 18.1 Å². The second-order valence-corrected chi connectivity index (χ2v) is 6.76. The quantitative estimate of drug-likeness (QED) is 0.923. The van der Waals surface area contributed by atoms with Crippen LogP contribution in [0.3, 0.4) is 0 Å². The highest BCUT2D eigenvalue weighted by Crippen LogP contribution is 2.25. The number of aliphatic hydroxyl groups is 1. The summed E-state index contributed by atoms with van der Waals surface area (Å²) in [6.07, 6.45) is 0. The normalized spacial score (nSPS) is 15.2. The summed E-state index contributed by atoms with van der Waals surface area (Å²) in [4.78, 5) is 0.731. The number of methoxy groups -OCH3 is 1. The summed E-state index contributed by atoms with van der Waals surface area (Å²) in [5.74, 6) is 0.886. The molecule has 1 N–H and O–H groups in total. The molecule has 0 spiro atoms. The zero-order valence-electron chi connectivity index (χ0n) is 12.5. The molecule has 2 aromatic rings. The number of hydrogen-bond acceptors (Lipinski definition) is 3. The van der Waals surface area contributed by atoms with Crippen LogP contribution in [0, 0.1) is 6.92 Å². The first kappa shape index (κ1) is 15.7. The fourth-order valence-electron chi connectivity index (χ4n) is 2.06. The lowest BCUT2D eigenvalue weighted by molar-refractivity contribution is 0.0829. The monoisotopic (exact) mass is 304 g/mol. The Hall–Kier alpha value is -1.65. The minimum Gasteiger partial charge on any atom is -0.497 e. The highest BCUT2D eigenvalue weighted by molar-refractivity contribution is 7.85. The molecule has 2 aromatic carbocycles. The molecule has 1 unspecified atom stereocenters. The largest absolute Gasteiger partial charge is 0.497 e. The Morgan fingerprint density at radius 2 is 1.67 bits per heavy atom. The summed E-state index contributed by atoms with van der Waals surface area (Å²) in [6, 6.07) is 14.7. The maximum Gasteiger partial charge on any atom is 0.118 e. The van der Waals surface area contributed by atoms with Crippen LogP contribution in [0.15, 0.2) is 53.4 Å². The molecular formula is C17H20O3S. The van der Waals surface area contributed by atoms with E-state index in [2.05, 4.69) is 0 Å². The molecule has 0 aliphatic heterocycles. The zero-order chi connectivity index (χ0) is 15.5. The predicted octanol–water partition coefficient (Wildman–Crippen LogP) is 3.02. The first-order valence-electron chi connectivity index (χ1n) is 6.74. The van der Waals surface area contributed by atoms with Crippen molar-refractivity contribution in [2.45, 2.75) is 24.3 Å². The third kappa shape index (κ3) is 3.93. The number of rotatable bonds is 5. The van der Waals surface area contributed by atoms with Crippen molar-refractivity contribution in [3.05, 3.63) is 59.7 Å². The van der Waals surface area contributed by atoms with E-state index in [4.69, 9.17) is 4.74 Å². The Kier molecular flexibility index (Phi) is 4.80. The van der Waals surface area contributed by atoms with Crippen LogP contribution < -0.4 is 4.74 Å². The summed E-state index contributed by atoms with van der Waals surface area (Å²) in [6.45, 7) is 3.67.